The standard InChI is InChI=1S/C22H14N8/c1-2-14(11-24-6-1)19-21-16(5-9-25-19)27-22(28-21)20-15-10-17(13-3-7-23-8-4-13)26-12-18(15)29-30-20/h1-12H,(H,27,28)(H,29,30). The predicted molar refractivity (Wildman–Crippen MR) is 113 cm³/mol. The fraction of sp³-hybridized carbons (Fsp3) is 0. The number of hydrogen-bond donors (Lipinski definition) is 2. The van der Waals surface area contributed by atoms with Crippen LogP contribution in [-0.4, -0.2) is 40.1 Å². The van der Waals surface area contributed by atoms with E-state index in [-0.39, 0.29) is 0 Å². The molecule has 0 radical (unpaired) electrons. The molecule has 0 unspecified atom stereocenters. The molecule has 0 fully saturated rings. The Morgan fingerprint density at radius 3 is 2.53 bits per heavy atom. The first-order valence-electron chi connectivity index (χ1n) is 9.37. The summed E-state index contributed by atoms with van der Waals surface area (Å²) in [6.07, 6.45) is 10.6. The Bertz CT molecular complexity index is 1490. The smallest absolute Gasteiger partial charge is 0.159 e. The average molecular weight is 390 g/mol. The monoisotopic (exact) mass is 390 g/mol. The van der Waals surface area contributed by atoms with E-state index in [9.17, 15) is 0 Å². The summed E-state index contributed by atoms with van der Waals surface area (Å²) in [7, 11) is 0. The Hall–Kier alpha value is -4.46. The van der Waals surface area contributed by atoms with Crippen molar-refractivity contribution in [2.45, 2.75) is 0 Å². The zero-order chi connectivity index (χ0) is 19.9. The Morgan fingerprint density at radius 2 is 1.67 bits per heavy atom. The van der Waals surface area contributed by atoms with Crippen LogP contribution in [-0.2, 0) is 0 Å². The third-order valence-electron chi connectivity index (χ3n) is 4.98. The fourth-order valence-electron chi connectivity index (χ4n) is 3.54. The number of pyridine rings is 4. The molecule has 0 atom stereocenters. The molecule has 0 aromatic carbocycles. The maximum Gasteiger partial charge on any atom is 0.159 e. The van der Waals surface area contributed by atoms with Gasteiger partial charge in [0, 0.05) is 47.5 Å². The van der Waals surface area contributed by atoms with Crippen LogP contribution < -0.4 is 0 Å². The molecule has 2 N–H and O–H groups in total. The highest BCUT2D eigenvalue weighted by Gasteiger charge is 2.16. The van der Waals surface area contributed by atoms with E-state index in [1.165, 1.54) is 0 Å². The van der Waals surface area contributed by atoms with E-state index < -0.39 is 0 Å². The van der Waals surface area contributed by atoms with E-state index in [1.54, 1.807) is 37.2 Å². The minimum Gasteiger partial charge on any atom is -0.336 e. The number of hydrogen-bond acceptors (Lipinski definition) is 6. The van der Waals surface area contributed by atoms with Crippen LogP contribution in [0.1, 0.15) is 0 Å². The quantitative estimate of drug-likeness (QED) is 0.472. The zero-order valence-corrected chi connectivity index (χ0v) is 15.6. The molecule has 6 rings (SSSR count). The molecular weight excluding hydrogens is 376 g/mol. The molecule has 0 bridgehead atoms. The second-order valence-electron chi connectivity index (χ2n) is 6.81. The van der Waals surface area contributed by atoms with Crippen molar-refractivity contribution in [3.63, 3.8) is 0 Å². The van der Waals surface area contributed by atoms with Gasteiger partial charge >= 0.3 is 0 Å². The van der Waals surface area contributed by atoms with Crippen LogP contribution in [0.15, 0.2) is 73.6 Å². The highest BCUT2D eigenvalue weighted by molar-refractivity contribution is 5.96. The number of imidazole rings is 1. The summed E-state index contributed by atoms with van der Waals surface area (Å²) in [6.45, 7) is 0. The minimum absolute atomic E-state index is 0.668. The highest BCUT2D eigenvalue weighted by Crippen LogP contribution is 2.31. The van der Waals surface area contributed by atoms with E-state index in [2.05, 4.69) is 35.1 Å². The molecule has 0 aliphatic carbocycles. The number of nitrogens with zero attached hydrogens (tertiary/aromatic N) is 6. The van der Waals surface area contributed by atoms with E-state index in [1.807, 2.05) is 36.4 Å². The van der Waals surface area contributed by atoms with Gasteiger partial charge in [-0.05, 0) is 36.4 Å². The van der Waals surface area contributed by atoms with Gasteiger partial charge in [0.05, 0.1) is 28.6 Å². The lowest BCUT2D eigenvalue weighted by atomic mass is 10.1. The van der Waals surface area contributed by atoms with E-state index in [4.69, 9.17) is 4.98 Å². The molecule has 30 heavy (non-hydrogen) atoms. The van der Waals surface area contributed by atoms with Crippen LogP contribution in [0.4, 0.5) is 0 Å². The SMILES string of the molecule is c1cncc(-c2nccc3[nH]c(-c4n[nH]c5cnc(-c6ccncc6)cc45)nc23)c1. The first-order chi connectivity index (χ1) is 14.9. The van der Waals surface area contributed by atoms with Gasteiger partial charge in [-0.1, -0.05) is 0 Å². The number of H-pyrrole nitrogens is 2. The first-order valence-corrected chi connectivity index (χ1v) is 9.37. The normalized spacial score (nSPS) is 11.3. The molecule has 0 saturated carbocycles. The maximum atomic E-state index is 4.83. The van der Waals surface area contributed by atoms with Gasteiger partial charge in [-0.15, -0.1) is 0 Å². The Balaban J connectivity index is 1.52. The van der Waals surface area contributed by atoms with Crippen molar-refractivity contribution in [3.8, 4) is 34.0 Å². The van der Waals surface area contributed by atoms with Gasteiger partial charge in [-0.2, -0.15) is 5.10 Å². The van der Waals surface area contributed by atoms with Crippen molar-refractivity contribution >= 4 is 21.9 Å². The molecule has 6 heterocycles. The van der Waals surface area contributed by atoms with Crippen molar-refractivity contribution in [2.75, 3.05) is 0 Å². The molecule has 0 saturated heterocycles. The summed E-state index contributed by atoms with van der Waals surface area (Å²) in [6, 6.07) is 11.6. The molecule has 0 amide bonds. The molecule has 0 aliphatic rings. The van der Waals surface area contributed by atoms with Crippen LogP contribution in [0.5, 0.6) is 0 Å². The summed E-state index contributed by atoms with van der Waals surface area (Å²) < 4.78 is 0. The maximum absolute atomic E-state index is 4.83. The van der Waals surface area contributed by atoms with Crippen molar-refractivity contribution in [3.05, 3.63) is 73.6 Å². The molecule has 0 aliphatic heterocycles. The average Bonchev–Trinajstić information content (AvgIpc) is 3.43. The van der Waals surface area contributed by atoms with Gasteiger partial charge < -0.3 is 4.98 Å². The first kappa shape index (κ1) is 16.5. The van der Waals surface area contributed by atoms with E-state index in [0.717, 1.165) is 50.1 Å². The fourth-order valence-corrected chi connectivity index (χ4v) is 3.54. The highest BCUT2D eigenvalue weighted by atomic mass is 15.1. The third kappa shape index (κ3) is 2.62. The summed E-state index contributed by atoms with van der Waals surface area (Å²) in [4.78, 5) is 25.5. The molecule has 6 aromatic heterocycles. The van der Waals surface area contributed by atoms with Gasteiger partial charge in [0.1, 0.15) is 11.2 Å². The number of aromatic amines is 2. The number of nitrogens with one attached hydrogen (secondary N) is 2. The van der Waals surface area contributed by atoms with Crippen LogP contribution in [0, 0.1) is 0 Å². The lowest BCUT2D eigenvalue weighted by Gasteiger charge is -2.00. The molecular formula is C22H14N8. The van der Waals surface area contributed by atoms with Crippen molar-refractivity contribution in [1.29, 1.82) is 0 Å². The van der Waals surface area contributed by atoms with Gasteiger partial charge in [-0.25, -0.2) is 4.98 Å². The Kier molecular flexibility index (Phi) is 3.60. The lowest BCUT2D eigenvalue weighted by Crippen LogP contribution is -1.86. The van der Waals surface area contributed by atoms with Crippen molar-refractivity contribution in [1.82, 2.24) is 40.1 Å². The van der Waals surface area contributed by atoms with Crippen molar-refractivity contribution in [2.24, 2.45) is 0 Å². The molecule has 142 valence electrons. The summed E-state index contributed by atoms with van der Waals surface area (Å²) in [5, 5.41) is 8.48. The van der Waals surface area contributed by atoms with E-state index >= 15 is 0 Å². The van der Waals surface area contributed by atoms with E-state index in [0.29, 0.717) is 5.82 Å². The largest absolute Gasteiger partial charge is 0.336 e. The van der Waals surface area contributed by atoms with Crippen LogP contribution in [0.25, 0.3) is 56.0 Å². The minimum atomic E-state index is 0.668. The molecule has 8 heteroatoms. The lowest BCUT2D eigenvalue weighted by molar-refractivity contribution is 1.10. The third-order valence-corrected chi connectivity index (χ3v) is 4.98. The Morgan fingerprint density at radius 1 is 0.733 bits per heavy atom. The summed E-state index contributed by atoms with van der Waals surface area (Å²) >= 11 is 0. The van der Waals surface area contributed by atoms with Gasteiger partial charge in [-0.3, -0.25) is 25.0 Å². The molecule has 8 nitrogen and oxygen atoms in total. The second kappa shape index (κ2) is 6.56. The summed E-state index contributed by atoms with van der Waals surface area (Å²) in [5.41, 5.74) is 6.77. The summed E-state index contributed by atoms with van der Waals surface area (Å²) in [5.74, 6) is 0.668. The predicted octanol–water partition coefficient (Wildman–Crippen LogP) is 4.02. The number of rotatable bonds is 3. The van der Waals surface area contributed by atoms with Crippen LogP contribution in [0.2, 0.25) is 0 Å². The van der Waals surface area contributed by atoms with Gasteiger partial charge in [0.15, 0.2) is 5.82 Å². The second-order valence-corrected chi connectivity index (χ2v) is 6.81. The number of fused-ring (bicyclic) bond motifs is 2. The molecule has 0 spiro atoms. The van der Waals surface area contributed by atoms with Crippen LogP contribution in [0.3, 0.4) is 0 Å². The Labute approximate surface area is 170 Å². The number of aromatic nitrogens is 8. The zero-order valence-electron chi connectivity index (χ0n) is 15.6. The topological polar surface area (TPSA) is 109 Å². The van der Waals surface area contributed by atoms with Gasteiger partial charge in [0.25, 0.3) is 0 Å². The van der Waals surface area contributed by atoms with Gasteiger partial charge in [0.2, 0.25) is 0 Å². The van der Waals surface area contributed by atoms with Crippen LogP contribution >= 0.6 is 0 Å². The molecule has 6 aromatic rings. The van der Waals surface area contributed by atoms with Crippen molar-refractivity contribution < 1.29 is 0 Å².